The summed E-state index contributed by atoms with van der Waals surface area (Å²) in [4.78, 5) is 17.9. The predicted octanol–water partition coefficient (Wildman–Crippen LogP) is 3.55. The van der Waals surface area contributed by atoms with Crippen molar-refractivity contribution in [1.82, 2.24) is 10.3 Å². The summed E-state index contributed by atoms with van der Waals surface area (Å²) in [6, 6.07) is 5.50. The van der Waals surface area contributed by atoms with Crippen LogP contribution >= 0.6 is 11.3 Å². The Hall–Kier alpha value is -3.71. The first-order valence-electron chi connectivity index (χ1n) is 9.83. The molecule has 2 heterocycles. The molecule has 0 bridgehead atoms. The Morgan fingerprint density at radius 2 is 1.84 bits per heavy atom. The van der Waals surface area contributed by atoms with Crippen LogP contribution < -0.4 is 31.0 Å². The van der Waals surface area contributed by atoms with E-state index in [0.717, 1.165) is 17.8 Å². The van der Waals surface area contributed by atoms with E-state index in [2.05, 4.69) is 16.4 Å². The molecule has 3 rings (SSSR count). The van der Waals surface area contributed by atoms with Crippen molar-refractivity contribution in [3.63, 3.8) is 0 Å². The topological polar surface area (TPSA) is 146 Å². The highest BCUT2D eigenvalue weighted by molar-refractivity contribution is 7.21. The van der Waals surface area contributed by atoms with Crippen LogP contribution in [0.5, 0.6) is 17.2 Å². The van der Waals surface area contributed by atoms with Gasteiger partial charge in [0.1, 0.15) is 27.2 Å². The number of anilines is 2. The van der Waals surface area contributed by atoms with Crippen LogP contribution in [0.2, 0.25) is 0 Å². The number of nitrogens with two attached hydrogens (primary N) is 2. The van der Waals surface area contributed by atoms with E-state index in [1.165, 1.54) is 21.3 Å². The number of pyridine rings is 1. The molecule has 32 heavy (non-hydrogen) atoms. The first kappa shape index (κ1) is 23.0. The Kier molecular flexibility index (Phi) is 6.60. The fourth-order valence-electron chi connectivity index (χ4n) is 3.36. The van der Waals surface area contributed by atoms with Crippen molar-refractivity contribution in [3.05, 3.63) is 22.6 Å². The Balaban J connectivity index is 2.36. The molecule has 10 heteroatoms. The number of thiophene rings is 1. The molecule has 1 unspecified atom stereocenters. The van der Waals surface area contributed by atoms with Crippen LogP contribution in [-0.2, 0) is 0 Å². The van der Waals surface area contributed by atoms with Crippen molar-refractivity contribution in [1.29, 1.82) is 5.26 Å². The summed E-state index contributed by atoms with van der Waals surface area (Å²) in [5.41, 5.74) is 13.9. The quantitative estimate of drug-likeness (QED) is 0.490. The molecule has 0 aliphatic rings. The lowest BCUT2D eigenvalue weighted by molar-refractivity contribution is 0.0944. The molecule has 0 saturated carbocycles. The molecule has 9 nitrogen and oxygen atoms in total. The molecule has 0 fully saturated rings. The number of hydrogen-bond acceptors (Lipinski definition) is 9. The van der Waals surface area contributed by atoms with Crippen LogP contribution in [0.3, 0.4) is 0 Å². The van der Waals surface area contributed by atoms with Crippen molar-refractivity contribution < 1.29 is 19.0 Å². The lowest BCUT2D eigenvalue weighted by Crippen LogP contribution is -2.31. The van der Waals surface area contributed by atoms with E-state index in [1.807, 2.05) is 13.8 Å². The summed E-state index contributed by atoms with van der Waals surface area (Å²) in [7, 11) is 4.50. The minimum absolute atomic E-state index is 0.0191. The molecule has 1 amide bonds. The monoisotopic (exact) mass is 455 g/mol. The van der Waals surface area contributed by atoms with Crippen LogP contribution in [0.4, 0.5) is 11.5 Å². The number of aromatic nitrogens is 1. The van der Waals surface area contributed by atoms with Gasteiger partial charge in [-0.3, -0.25) is 4.79 Å². The first-order chi connectivity index (χ1) is 15.3. The van der Waals surface area contributed by atoms with Crippen molar-refractivity contribution >= 4 is 39.0 Å². The van der Waals surface area contributed by atoms with Crippen LogP contribution in [-0.4, -0.2) is 38.3 Å². The van der Waals surface area contributed by atoms with Crippen LogP contribution in [0.15, 0.2) is 12.1 Å². The van der Waals surface area contributed by atoms with Crippen molar-refractivity contribution in [2.24, 2.45) is 0 Å². The van der Waals surface area contributed by atoms with E-state index < -0.39 is 0 Å². The Morgan fingerprint density at radius 3 is 2.34 bits per heavy atom. The summed E-state index contributed by atoms with van der Waals surface area (Å²) in [5.74, 6) is 0.949. The summed E-state index contributed by atoms with van der Waals surface area (Å²) >= 11 is 1.13. The third-order valence-electron chi connectivity index (χ3n) is 5.17. The summed E-state index contributed by atoms with van der Waals surface area (Å²) in [5, 5.41) is 13.2. The molecule has 3 aromatic rings. The van der Waals surface area contributed by atoms with Gasteiger partial charge in [-0.1, -0.05) is 6.92 Å². The van der Waals surface area contributed by atoms with Crippen LogP contribution in [0.1, 0.15) is 35.5 Å². The summed E-state index contributed by atoms with van der Waals surface area (Å²) < 4.78 is 16.3. The highest BCUT2D eigenvalue weighted by Gasteiger charge is 2.26. The minimum atomic E-state index is -0.298. The SMILES string of the molecule is CCC(C)NC(=O)c1sc2nc(N)c(C#N)c(-c3cc(OC)c(OC)c(OC)c3)c2c1N. The second-order valence-electron chi connectivity index (χ2n) is 7.08. The van der Waals surface area contributed by atoms with Gasteiger partial charge in [0, 0.05) is 17.0 Å². The number of amides is 1. The Bertz CT molecular complexity index is 1210. The molecular weight excluding hydrogens is 430 g/mol. The number of nitriles is 1. The van der Waals surface area contributed by atoms with Gasteiger partial charge >= 0.3 is 0 Å². The Labute approximate surface area is 189 Å². The van der Waals surface area contributed by atoms with Crippen molar-refractivity contribution in [2.45, 2.75) is 26.3 Å². The number of hydrogen-bond donors (Lipinski definition) is 3. The molecule has 2 aromatic heterocycles. The fraction of sp³-hybridized carbons (Fsp3) is 0.318. The number of nitrogens with zero attached hydrogens (tertiary/aromatic N) is 2. The summed E-state index contributed by atoms with van der Waals surface area (Å²) in [6.07, 6.45) is 0.775. The largest absolute Gasteiger partial charge is 0.493 e. The Morgan fingerprint density at radius 1 is 1.22 bits per heavy atom. The lowest BCUT2D eigenvalue weighted by atomic mass is 9.96. The highest BCUT2D eigenvalue weighted by atomic mass is 32.1. The molecule has 1 aromatic carbocycles. The van der Waals surface area contributed by atoms with Gasteiger partial charge in [-0.15, -0.1) is 11.3 Å². The first-order valence-corrected chi connectivity index (χ1v) is 10.7. The second-order valence-corrected chi connectivity index (χ2v) is 8.08. The van der Waals surface area contributed by atoms with E-state index >= 15 is 0 Å². The van der Waals surface area contributed by atoms with Crippen LogP contribution in [0.25, 0.3) is 21.3 Å². The van der Waals surface area contributed by atoms with Gasteiger partial charge < -0.3 is 31.0 Å². The maximum Gasteiger partial charge on any atom is 0.263 e. The van der Waals surface area contributed by atoms with Gasteiger partial charge in [0.25, 0.3) is 5.91 Å². The molecular formula is C22H25N5O4S. The van der Waals surface area contributed by atoms with Gasteiger partial charge in [0.2, 0.25) is 5.75 Å². The normalized spacial score (nSPS) is 11.6. The third kappa shape index (κ3) is 3.83. The average molecular weight is 456 g/mol. The van der Waals surface area contributed by atoms with Gasteiger partial charge in [0.15, 0.2) is 11.5 Å². The number of ether oxygens (including phenoxy) is 3. The molecule has 5 N–H and O–H groups in total. The van der Waals surface area contributed by atoms with Gasteiger partial charge in [0.05, 0.1) is 27.0 Å². The predicted molar refractivity (Wildman–Crippen MR) is 125 cm³/mol. The highest BCUT2D eigenvalue weighted by Crippen LogP contribution is 2.47. The number of nitrogens with one attached hydrogen (secondary N) is 1. The number of methoxy groups -OCH3 is 3. The molecule has 0 spiro atoms. The molecule has 168 valence electrons. The fourth-order valence-corrected chi connectivity index (χ4v) is 4.37. The molecule has 0 aliphatic heterocycles. The van der Waals surface area contributed by atoms with Crippen LogP contribution in [0, 0.1) is 11.3 Å². The average Bonchev–Trinajstić information content (AvgIpc) is 3.12. The van der Waals surface area contributed by atoms with E-state index in [1.54, 1.807) is 12.1 Å². The number of fused-ring (bicyclic) bond motifs is 1. The zero-order chi connectivity index (χ0) is 23.6. The summed E-state index contributed by atoms with van der Waals surface area (Å²) in [6.45, 7) is 3.88. The third-order valence-corrected chi connectivity index (χ3v) is 6.26. The maximum atomic E-state index is 12.8. The maximum absolute atomic E-state index is 12.8. The molecule has 0 radical (unpaired) electrons. The van der Waals surface area contributed by atoms with Gasteiger partial charge in [-0.2, -0.15) is 5.26 Å². The molecule has 0 saturated heterocycles. The number of rotatable bonds is 7. The van der Waals surface area contributed by atoms with E-state index in [9.17, 15) is 10.1 Å². The smallest absolute Gasteiger partial charge is 0.263 e. The van der Waals surface area contributed by atoms with Gasteiger partial charge in [-0.25, -0.2) is 4.98 Å². The van der Waals surface area contributed by atoms with E-state index in [4.69, 9.17) is 25.7 Å². The number of carbonyl (C=O) groups is 1. The number of carbonyl (C=O) groups excluding carboxylic acids is 1. The molecule has 0 aliphatic carbocycles. The zero-order valence-electron chi connectivity index (χ0n) is 18.5. The number of benzene rings is 1. The van der Waals surface area contributed by atoms with E-state index in [-0.39, 0.29) is 29.0 Å². The lowest BCUT2D eigenvalue weighted by Gasteiger charge is -2.16. The van der Waals surface area contributed by atoms with Crippen molar-refractivity contribution in [2.75, 3.05) is 32.8 Å². The van der Waals surface area contributed by atoms with Crippen molar-refractivity contribution in [3.8, 4) is 34.4 Å². The zero-order valence-corrected chi connectivity index (χ0v) is 19.3. The van der Waals surface area contributed by atoms with Gasteiger partial charge in [-0.05, 0) is 31.0 Å². The second kappa shape index (κ2) is 9.20. The number of nitrogen functional groups attached to an aromatic ring is 2. The standard InChI is InChI=1S/C22H25N5O4S/c1-6-10(2)26-21(28)19-17(24)16-15(12(9-23)20(25)27-22(16)32-19)11-7-13(29-3)18(31-5)14(8-11)30-4/h7-8,10H,6,24H2,1-5H3,(H2,25,27)(H,26,28). The molecule has 1 atom stereocenters. The minimum Gasteiger partial charge on any atom is -0.493 e. The van der Waals surface area contributed by atoms with E-state index in [0.29, 0.717) is 43.5 Å².